The number of hydrogen-bond donors (Lipinski definition) is 1. The topological polar surface area (TPSA) is 127 Å². The van der Waals surface area contributed by atoms with Crippen LogP contribution in [0.4, 0.5) is 26.7 Å². The Morgan fingerprint density at radius 2 is 1.63 bits per heavy atom. The summed E-state index contributed by atoms with van der Waals surface area (Å²) in [7, 11) is 0. The van der Waals surface area contributed by atoms with Crippen LogP contribution in [0.15, 0.2) is 48.8 Å². The first-order valence-electron chi connectivity index (χ1n) is 15.1. The summed E-state index contributed by atoms with van der Waals surface area (Å²) in [5.74, 6) is -4.80. The molecule has 1 N–H and O–H groups in total. The zero-order valence-electron chi connectivity index (χ0n) is 26.8. The lowest BCUT2D eigenvalue weighted by atomic mass is 10.1. The molecular weight excluding hydrogens is 661 g/mol. The largest absolute Gasteiger partial charge is 0.573 e. The van der Waals surface area contributed by atoms with Crippen LogP contribution in [-0.2, 0) is 25.5 Å². The van der Waals surface area contributed by atoms with Gasteiger partial charge < -0.3 is 33.7 Å². The van der Waals surface area contributed by atoms with Gasteiger partial charge in [-0.25, -0.2) is 23.4 Å². The average Bonchev–Trinajstić information content (AvgIpc) is 3.02. The van der Waals surface area contributed by atoms with E-state index >= 15 is 0 Å². The van der Waals surface area contributed by atoms with Gasteiger partial charge in [0.1, 0.15) is 12.2 Å². The first-order chi connectivity index (χ1) is 23.2. The van der Waals surface area contributed by atoms with Crippen LogP contribution in [-0.4, -0.2) is 67.2 Å². The van der Waals surface area contributed by atoms with Gasteiger partial charge in [-0.1, -0.05) is 6.07 Å². The van der Waals surface area contributed by atoms with E-state index in [-0.39, 0.29) is 30.9 Å². The highest BCUT2D eigenvalue weighted by molar-refractivity contribution is 6.08. The maximum Gasteiger partial charge on any atom is 0.573 e. The summed E-state index contributed by atoms with van der Waals surface area (Å²) in [6.07, 6.45) is -1.60. The van der Waals surface area contributed by atoms with Gasteiger partial charge in [0.25, 0.3) is 0 Å². The Morgan fingerprint density at radius 1 is 0.878 bits per heavy atom. The van der Waals surface area contributed by atoms with E-state index in [9.17, 15) is 31.5 Å². The maximum atomic E-state index is 13.9. The number of nitrogens with one attached hydrogen (secondary N) is 1. The Kier molecular flexibility index (Phi) is 12.5. The van der Waals surface area contributed by atoms with Gasteiger partial charge in [-0.15, -0.1) is 13.2 Å². The fourth-order valence-corrected chi connectivity index (χ4v) is 4.46. The molecule has 0 amide bonds. The number of benzene rings is 2. The van der Waals surface area contributed by atoms with Crippen LogP contribution in [0.3, 0.4) is 0 Å². The van der Waals surface area contributed by atoms with Crippen LogP contribution in [0.1, 0.15) is 49.5 Å². The Hall–Kier alpha value is -4.83. The minimum absolute atomic E-state index is 0.0439. The van der Waals surface area contributed by atoms with Gasteiger partial charge in [0.2, 0.25) is 18.4 Å². The highest BCUT2D eigenvalue weighted by atomic mass is 19.4. The number of unbranched alkanes of at least 4 members (excludes halogenated alkanes) is 1. The van der Waals surface area contributed by atoms with E-state index in [0.717, 1.165) is 22.9 Å². The lowest BCUT2D eigenvalue weighted by Crippen LogP contribution is -2.25. The smallest absolute Gasteiger partial charge is 0.475 e. The third kappa shape index (κ3) is 11.4. The minimum atomic E-state index is -5.21. The van der Waals surface area contributed by atoms with Crippen LogP contribution in [0.2, 0.25) is 0 Å². The SMILES string of the molecule is CC(C)(C)OC(=O)OCOC(=O)c1ccc2c(c1)nc(OCCOCCCCNCc1cc(F)c(OC(F)(F)F)c(F)c1)c1ccncc12. The third-order valence-corrected chi connectivity index (χ3v) is 6.52. The number of carbonyl (C=O) groups is 2. The van der Waals surface area contributed by atoms with Crippen molar-refractivity contribution in [2.24, 2.45) is 0 Å². The zero-order chi connectivity index (χ0) is 35.6. The number of esters is 1. The van der Waals surface area contributed by atoms with E-state index in [1.54, 1.807) is 51.4 Å². The average molecular weight is 696 g/mol. The summed E-state index contributed by atoms with van der Waals surface area (Å²) >= 11 is 0. The summed E-state index contributed by atoms with van der Waals surface area (Å²) < 4.78 is 94.4. The Bertz CT molecular complexity index is 1740. The molecule has 0 saturated carbocycles. The van der Waals surface area contributed by atoms with Crippen molar-refractivity contribution in [1.82, 2.24) is 15.3 Å². The van der Waals surface area contributed by atoms with E-state index in [1.165, 1.54) is 6.07 Å². The number of ether oxygens (including phenoxy) is 6. The van der Waals surface area contributed by atoms with Gasteiger partial charge in [0.05, 0.1) is 17.7 Å². The van der Waals surface area contributed by atoms with Crippen molar-refractivity contribution in [2.45, 2.75) is 52.1 Å². The van der Waals surface area contributed by atoms with Gasteiger partial charge in [0.15, 0.2) is 11.6 Å². The lowest BCUT2D eigenvalue weighted by Gasteiger charge is -2.18. The number of carbonyl (C=O) groups excluding carboxylic acids is 2. The first kappa shape index (κ1) is 37.0. The Balaban J connectivity index is 1.21. The number of halogens is 5. The van der Waals surface area contributed by atoms with Crippen LogP contribution in [0.5, 0.6) is 11.6 Å². The highest BCUT2D eigenvalue weighted by Crippen LogP contribution is 2.31. The first-order valence-corrected chi connectivity index (χ1v) is 15.1. The summed E-state index contributed by atoms with van der Waals surface area (Å²) in [5, 5.41) is 5.15. The number of fused-ring (bicyclic) bond motifs is 3. The fraction of sp³-hybridized carbons (Fsp3) is 0.394. The molecule has 49 heavy (non-hydrogen) atoms. The third-order valence-electron chi connectivity index (χ3n) is 6.52. The number of rotatable bonds is 15. The van der Waals surface area contributed by atoms with Crippen LogP contribution in [0.25, 0.3) is 21.7 Å². The van der Waals surface area contributed by atoms with Gasteiger partial charge in [-0.2, -0.15) is 0 Å². The van der Waals surface area contributed by atoms with E-state index < -0.39 is 48.3 Å². The molecule has 2 aromatic heterocycles. The van der Waals surface area contributed by atoms with Crippen molar-refractivity contribution < 1.29 is 60.0 Å². The van der Waals surface area contributed by atoms with Crippen molar-refractivity contribution in [2.75, 3.05) is 33.2 Å². The number of nitrogens with zero attached hydrogens (tertiary/aromatic N) is 2. The molecule has 0 fully saturated rings. The predicted molar refractivity (Wildman–Crippen MR) is 165 cm³/mol. The van der Waals surface area contributed by atoms with E-state index in [1.807, 2.05) is 0 Å². The summed E-state index contributed by atoms with van der Waals surface area (Å²) in [6.45, 7) is 5.72. The lowest BCUT2D eigenvalue weighted by molar-refractivity contribution is -0.276. The molecule has 264 valence electrons. The van der Waals surface area contributed by atoms with Crippen molar-refractivity contribution in [3.8, 4) is 11.6 Å². The molecule has 0 atom stereocenters. The van der Waals surface area contributed by atoms with E-state index in [4.69, 9.17) is 23.7 Å². The second kappa shape index (κ2) is 16.5. The number of hydrogen-bond acceptors (Lipinski definition) is 11. The molecule has 0 bridgehead atoms. The highest BCUT2D eigenvalue weighted by Gasteiger charge is 2.34. The number of alkyl halides is 3. The predicted octanol–water partition coefficient (Wildman–Crippen LogP) is 6.99. The molecule has 2 heterocycles. The standard InChI is InChI=1S/C33H34F5N3O8/c1-32(2,3)49-31(43)47-19-46-30(42)21-6-7-22-24-18-40-10-8-23(24)29(41-27(22)16-21)45-13-12-44-11-5-4-9-39-17-20-14-25(34)28(26(35)15-20)48-33(36,37)38/h6-8,10,14-16,18,39H,4-5,9,11-13,17,19H2,1-3H3. The molecule has 0 radical (unpaired) electrons. The fourth-order valence-electron chi connectivity index (χ4n) is 4.46. The number of aromatic nitrogens is 2. The van der Waals surface area contributed by atoms with Crippen molar-refractivity contribution in [3.05, 3.63) is 71.6 Å². The second-order valence-corrected chi connectivity index (χ2v) is 11.5. The van der Waals surface area contributed by atoms with Crippen LogP contribution >= 0.6 is 0 Å². The van der Waals surface area contributed by atoms with E-state index in [2.05, 4.69) is 20.0 Å². The molecule has 4 rings (SSSR count). The van der Waals surface area contributed by atoms with Gasteiger partial charge in [0, 0.05) is 41.7 Å². The summed E-state index contributed by atoms with van der Waals surface area (Å²) in [4.78, 5) is 33.1. The second-order valence-electron chi connectivity index (χ2n) is 11.5. The maximum absolute atomic E-state index is 13.9. The molecule has 0 aliphatic carbocycles. The van der Waals surface area contributed by atoms with Crippen molar-refractivity contribution in [1.29, 1.82) is 0 Å². The molecule has 11 nitrogen and oxygen atoms in total. The summed E-state index contributed by atoms with van der Waals surface area (Å²) in [6, 6.07) is 8.12. The number of pyridine rings is 2. The molecular formula is C33H34F5N3O8. The van der Waals surface area contributed by atoms with Crippen molar-refractivity contribution in [3.63, 3.8) is 0 Å². The molecule has 2 aromatic carbocycles. The minimum Gasteiger partial charge on any atom is -0.475 e. The molecule has 0 saturated heterocycles. The Morgan fingerprint density at radius 3 is 2.35 bits per heavy atom. The monoisotopic (exact) mass is 695 g/mol. The van der Waals surface area contributed by atoms with Gasteiger partial charge in [-0.3, -0.25) is 4.98 Å². The zero-order valence-corrected chi connectivity index (χ0v) is 26.8. The quantitative estimate of drug-likeness (QED) is 0.0455. The Labute approximate surface area is 277 Å². The van der Waals surface area contributed by atoms with Gasteiger partial charge in [-0.05, 0) is 76.1 Å². The van der Waals surface area contributed by atoms with Gasteiger partial charge >= 0.3 is 18.5 Å². The summed E-state index contributed by atoms with van der Waals surface area (Å²) in [5.41, 5.74) is -0.00913. The molecule has 0 spiro atoms. The van der Waals surface area contributed by atoms with Crippen LogP contribution in [0, 0.1) is 11.6 Å². The van der Waals surface area contributed by atoms with Crippen molar-refractivity contribution >= 4 is 33.8 Å². The molecule has 4 aromatic rings. The molecule has 0 aliphatic rings. The molecule has 0 aliphatic heterocycles. The molecule has 0 unspecified atom stereocenters. The van der Waals surface area contributed by atoms with Crippen LogP contribution < -0.4 is 14.8 Å². The molecule has 16 heteroatoms. The normalized spacial score (nSPS) is 11.8. The van der Waals surface area contributed by atoms with E-state index in [0.29, 0.717) is 42.8 Å².